The first-order valence-electron chi connectivity index (χ1n) is 8.07. The molecule has 0 aromatic heterocycles. The molecule has 0 heterocycles. The molecule has 1 unspecified atom stereocenters. The standard InChI is InChI=1S/C16H32N2/c1-5-12(6-2)15(18(3)4)11-17-16(13-7-8-13)14-9-10-14/h12-17H,5-11H2,1-4H3. The van der Waals surface area contributed by atoms with Crippen LogP contribution in [0.3, 0.4) is 0 Å². The van der Waals surface area contributed by atoms with Crippen molar-refractivity contribution in [3.8, 4) is 0 Å². The van der Waals surface area contributed by atoms with Crippen LogP contribution in [0.5, 0.6) is 0 Å². The molecule has 0 aliphatic heterocycles. The molecule has 2 nitrogen and oxygen atoms in total. The van der Waals surface area contributed by atoms with Crippen LogP contribution < -0.4 is 5.32 Å². The number of nitrogens with one attached hydrogen (secondary N) is 1. The number of likely N-dealkylation sites (N-methyl/N-ethyl adjacent to an activating group) is 1. The molecule has 0 aromatic carbocycles. The summed E-state index contributed by atoms with van der Waals surface area (Å²) in [7, 11) is 4.49. The smallest absolute Gasteiger partial charge is 0.0242 e. The van der Waals surface area contributed by atoms with Crippen LogP contribution in [0.15, 0.2) is 0 Å². The van der Waals surface area contributed by atoms with Crippen LogP contribution in [0.25, 0.3) is 0 Å². The fourth-order valence-corrected chi connectivity index (χ4v) is 3.49. The molecule has 2 aliphatic carbocycles. The third-order valence-electron chi connectivity index (χ3n) is 5.08. The second-order valence-corrected chi connectivity index (χ2v) is 6.72. The molecule has 0 spiro atoms. The molecule has 2 saturated carbocycles. The Morgan fingerprint density at radius 3 is 1.83 bits per heavy atom. The Hall–Kier alpha value is -0.0800. The zero-order valence-corrected chi connectivity index (χ0v) is 12.8. The van der Waals surface area contributed by atoms with Gasteiger partial charge >= 0.3 is 0 Å². The van der Waals surface area contributed by atoms with E-state index >= 15 is 0 Å². The van der Waals surface area contributed by atoms with E-state index in [1.54, 1.807) is 0 Å². The number of rotatable bonds is 9. The summed E-state index contributed by atoms with van der Waals surface area (Å²) >= 11 is 0. The Morgan fingerprint density at radius 2 is 1.50 bits per heavy atom. The van der Waals surface area contributed by atoms with Crippen molar-refractivity contribution in [2.75, 3.05) is 20.6 Å². The lowest BCUT2D eigenvalue weighted by Gasteiger charge is -2.33. The maximum absolute atomic E-state index is 3.93. The first-order chi connectivity index (χ1) is 8.67. The molecule has 2 aliphatic rings. The molecule has 2 fully saturated rings. The fourth-order valence-electron chi connectivity index (χ4n) is 3.49. The lowest BCUT2D eigenvalue weighted by molar-refractivity contribution is 0.185. The van der Waals surface area contributed by atoms with E-state index in [9.17, 15) is 0 Å². The van der Waals surface area contributed by atoms with E-state index < -0.39 is 0 Å². The monoisotopic (exact) mass is 252 g/mol. The van der Waals surface area contributed by atoms with Crippen molar-refractivity contribution >= 4 is 0 Å². The summed E-state index contributed by atoms with van der Waals surface area (Å²) in [5.41, 5.74) is 0. The number of hydrogen-bond donors (Lipinski definition) is 1. The second kappa shape index (κ2) is 6.38. The minimum absolute atomic E-state index is 0.708. The summed E-state index contributed by atoms with van der Waals surface area (Å²) < 4.78 is 0. The molecule has 1 atom stereocenters. The van der Waals surface area contributed by atoms with Crippen LogP contribution in [0.4, 0.5) is 0 Å². The summed E-state index contributed by atoms with van der Waals surface area (Å²) in [4.78, 5) is 2.43. The van der Waals surface area contributed by atoms with E-state index in [4.69, 9.17) is 0 Å². The van der Waals surface area contributed by atoms with Gasteiger partial charge in [-0.15, -0.1) is 0 Å². The van der Waals surface area contributed by atoms with Crippen LogP contribution in [0.2, 0.25) is 0 Å². The molecule has 1 N–H and O–H groups in total. The normalized spacial score (nSPS) is 22.2. The number of hydrogen-bond acceptors (Lipinski definition) is 2. The van der Waals surface area contributed by atoms with Gasteiger partial charge in [0.05, 0.1) is 0 Å². The summed E-state index contributed by atoms with van der Waals surface area (Å²) in [6, 6.07) is 1.56. The molecule has 0 amide bonds. The van der Waals surface area contributed by atoms with Crippen molar-refractivity contribution in [3.63, 3.8) is 0 Å². The molecule has 0 aromatic rings. The predicted molar refractivity (Wildman–Crippen MR) is 78.8 cm³/mol. The zero-order chi connectivity index (χ0) is 13.1. The Bertz CT molecular complexity index is 227. The average molecular weight is 252 g/mol. The minimum Gasteiger partial charge on any atom is -0.312 e. The van der Waals surface area contributed by atoms with Gasteiger partial charge in [-0.3, -0.25) is 0 Å². The lowest BCUT2D eigenvalue weighted by atomic mass is 9.92. The van der Waals surface area contributed by atoms with Crippen LogP contribution in [0, 0.1) is 17.8 Å². The maximum Gasteiger partial charge on any atom is 0.0242 e. The Balaban J connectivity index is 1.83. The summed E-state index contributed by atoms with van der Waals surface area (Å²) in [6.07, 6.45) is 8.52. The minimum atomic E-state index is 0.708. The van der Waals surface area contributed by atoms with E-state index in [0.29, 0.717) is 6.04 Å². The van der Waals surface area contributed by atoms with Gasteiger partial charge in [0.25, 0.3) is 0 Å². The first-order valence-corrected chi connectivity index (χ1v) is 8.07. The molecule has 2 rings (SSSR count). The fraction of sp³-hybridized carbons (Fsp3) is 1.00. The van der Waals surface area contributed by atoms with E-state index in [-0.39, 0.29) is 0 Å². The van der Waals surface area contributed by atoms with Gasteiger partial charge in [0.2, 0.25) is 0 Å². The maximum atomic E-state index is 3.93. The summed E-state index contributed by atoms with van der Waals surface area (Å²) in [5.74, 6) is 2.87. The van der Waals surface area contributed by atoms with Gasteiger partial charge < -0.3 is 10.2 Å². The highest BCUT2D eigenvalue weighted by molar-refractivity contribution is 4.97. The largest absolute Gasteiger partial charge is 0.312 e. The van der Waals surface area contributed by atoms with Crippen LogP contribution in [-0.4, -0.2) is 37.6 Å². The van der Waals surface area contributed by atoms with Gasteiger partial charge in [-0.05, 0) is 57.5 Å². The van der Waals surface area contributed by atoms with Gasteiger partial charge in [-0.2, -0.15) is 0 Å². The zero-order valence-electron chi connectivity index (χ0n) is 12.8. The van der Waals surface area contributed by atoms with Crippen LogP contribution >= 0.6 is 0 Å². The molecule has 0 bridgehead atoms. The molecule has 18 heavy (non-hydrogen) atoms. The quantitative estimate of drug-likeness (QED) is 0.678. The van der Waals surface area contributed by atoms with Gasteiger partial charge in [0.15, 0.2) is 0 Å². The second-order valence-electron chi connectivity index (χ2n) is 6.72. The predicted octanol–water partition coefficient (Wildman–Crippen LogP) is 3.13. The Labute approximate surface area is 114 Å². The van der Waals surface area contributed by atoms with Crippen LogP contribution in [0.1, 0.15) is 52.4 Å². The lowest BCUT2D eigenvalue weighted by Crippen LogP contribution is -2.47. The van der Waals surface area contributed by atoms with Crippen molar-refractivity contribution in [1.82, 2.24) is 10.2 Å². The topological polar surface area (TPSA) is 15.3 Å². The van der Waals surface area contributed by atoms with Gasteiger partial charge in [-0.25, -0.2) is 0 Å². The molecule has 0 saturated heterocycles. The van der Waals surface area contributed by atoms with Crippen LogP contribution in [-0.2, 0) is 0 Å². The highest BCUT2D eigenvalue weighted by atomic mass is 15.1. The van der Waals surface area contributed by atoms with Gasteiger partial charge in [-0.1, -0.05) is 26.7 Å². The molecular weight excluding hydrogens is 220 g/mol. The van der Waals surface area contributed by atoms with E-state index in [1.807, 2.05) is 0 Å². The van der Waals surface area contributed by atoms with E-state index in [2.05, 4.69) is 38.2 Å². The third-order valence-corrected chi connectivity index (χ3v) is 5.08. The van der Waals surface area contributed by atoms with Gasteiger partial charge in [0.1, 0.15) is 0 Å². The van der Waals surface area contributed by atoms with Crippen molar-refractivity contribution in [2.24, 2.45) is 17.8 Å². The van der Waals surface area contributed by atoms with Crippen molar-refractivity contribution < 1.29 is 0 Å². The Morgan fingerprint density at radius 1 is 1.00 bits per heavy atom. The molecule has 106 valence electrons. The van der Waals surface area contributed by atoms with Gasteiger partial charge in [0, 0.05) is 18.6 Å². The molecule has 0 radical (unpaired) electrons. The number of nitrogens with zero attached hydrogens (tertiary/aromatic N) is 1. The SMILES string of the molecule is CCC(CC)C(CNC(C1CC1)C1CC1)N(C)C. The molecular formula is C16H32N2. The average Bonchev–Trinajstić information content (AvgIpc) is 3.21. The highest BCUT2D eigenvalue weighted by Gasteiger charge is 2.41. The van der Waals surface area contributed by atoms with Crippen molar-refractivity contribution in [2.45, 2.75) is 64.5 Å². The van der Waals surface area contributed by atoms with Crippen molar-refractivity contribution in [3.05, 3.63) is 0 Å². The van der Waals surface area contributed by atoms with E-state index in [1.165, 1.54) is 45.1 Å². The summed E-state index contributed by atoms with van der Waals surface area (Å²) in [6.45, 7) is 5.87. The third kappa shape index (κ3) is 3.71. The van der Waals surface area contributed by atoms with Crippen molar-refractivity contribution in [1.29, 1.82) is 0 Å². The van der Waals surface area contributed by atoms with E-state index in [0.717, 1.165) is 23.8 Å². The Kier molecular flexibility index (Phi) is 5.08. The summed E-state index contributed by atoms with van der Waals surface area (Å²) in [5, 5.41) is 3.93. The highest BCUT2D eigenvalue weighted by Crippen LogP contribution is 2.44. The molecule has 2 heteroatoms. The first kappa shape index (κ1) is 14.3.